The van der Waals surface area contributed by atoms with Gasteiger partial charge in [-0.2, -0.15) is 0 Å². The first-order chi connectivity index (χ1) is 8.97. The molecule has 7 nitrogen and oxygen atoms in total. The van der Waals surface area contributed by atoms with Crippen LogP contribution in [0.15, 0.2) is 0 Å². The van der Waals surface area contributed by atoms with Gasteiger partial charge in [-0.1, -0.05) is 19.8 Å². The minimum absolute atomic E-state index is 0.0314. The van der Waals surface area contributed by atoms with E-state index in [1.54, 1.807) is 7.05 Å². The maximum Gasteiger partial charge on any atom is 0.451 e. The summed E-state index contributed by atoms with van der Waals surface area (Å²) in [5, 5.41) is 30.9. The van der Waals surface area contributed by atoms with Crippen molar-refractivity contribution in [2.24, 2.45) is 5.73 Å². The molecule has 0 aliphatic rings. The topological polar surface area (TPSA) is 128 Å². The lowest BCUT2D eigenvalue weighted by atomic mass is 9.84. The molecular weight excluding hydrogens is 249 g/mol. The Morgan fingerprint density at radius 1 is 1.42 bits per heavy atom. The van der Waals surface area contributed by atoms with Crippen LogP contribution in [0.1, 0.15) is 26.2 Å². The average molecular weight is 277 g/mol. The lowest BCUT2D eigenvalue weighted by Crippen LogP contribution is -2.41. The predicted molar refractivity (Wildman–Crippen MR) is 76.9 cm³/mol. The van der Waals surface area contributed by atoms with E-state index in [1.165, 1.54) is 0 Å². The largest absolute Gasteiger partial charge is 0.481 e. The van der Waals surface area contributed by atoms with E-state index in [9.17, 15) is 4.79 Å². The molecule has 0 aliphatic carbocycles. The molecule has 0 heterocycles. The molecule has 0 fully saturated rings. The van der Waals surface area contributed by atoms with Gasteiger partial charge in [0, 0.05) is 25.7 Å². The van der Waals surface area contributed by atoms with Crippen LogP contribution in [0.3, 0.4) is 0 Å². The third-order valence-electron chi connectivity index (χ3n) is 2.26. The summed E-state index contributed by atoms with van der Waals surface area (Å²) >= 11 is 0. The molecule has 0 spiro atoms. The second-order valence-electron chi connectivity index (χ2n) is 4.22. The number of rotatable bonds is 10. The van der Waals surface area contributed by atoms with E-state index < -0.39 is 13.1 Å². The molecule has 0 saturated carbocycles. The molecule has 0 rings (SSSR count). The van der Waals surface area contributed by atoms with Crippen LogP contribution < -0.4 is 16.4 Å². The summed E-state index contributed by atoms with van der Waals surface area (Å²) in [6.07, 6.45) is 2.56. The van der Waals surface area contributed by atoms with E-state index in [0.717, 1.165) is 12.8 Å². The monoisotopic (exact) mass is 277 g/mol. The molecule has 0 radical (unpaired) electrons. The van der Waals surface area contributed by atoms with Crippen LogP contribution in [0.5, 0.6) is 0 Å². The third kappa shape index (κ3) is 19.8. The van der Waals surface area contributed by atoms with Crippen LogP contribution >= 0.6 is 0 Å². The summed E-state index contributed by atoms with van der Waals surface area (Å²) in [4.78, 5) is 10.3. The van der Waals surface area contributed by atoms with Crippen LogP contribution in [-0.2, 0) is 4.79 Å². The number of carboxylic acids is 1. The normalized spacial score (nSPS) is 11.4. The summed E-state index contributed by atoms with van der Waals surface area (Å²) in [6.45, 7) is 3.84. The smallest absolute Gasteiger partial charge is 0.451 e. The number of nitrogens with one attached hydrogen (secondary N) is 2. The zero-order chi connectivity index (χ0) is 15.1. The summed E-state index contributed by atoms with van der Waals surface area (Å²) in [5.41, 5.74) is 5.27. The van der Waals surface area contributed by atoms with E-state index in [4.69, 9.17) is 20.9 Å². The number of nitrogens with two attached hydrogens (primary N) is 1. The fourth-order valence-electron chi connectivity index (χ4n) is 1.35. The molecule has 0 aromatic carbocycles. The highest BCUT2D eigenvalue weighted by Crippen LogP contribution is 1.94. The van der Waals surface area contributed by atoms with Crippen LogP contribution in [0, 0.1) is 0 Å². The fraction of sp³-hybridized carbons (Fsp3) is 0.909. The van der Waals surface area contributed by atoms with Crippen molar-refractivity contribution < 1.29 is 19.9 Å². The number of hydrogen-bond acceptors (Lipinski definition) is 6. The van der Waals surface area contributed by atoms with Crippen LogP contribution in [0.25, 0.3) is 0 Å². The van der Waals surface area contributed by atoms with Crippen molar-refractivity contribution in [3.05, 3.63) is 0 Å². The van der Waals surface area contributed by atoms with E-state index in [1.807, 2.05) is 6.92 Å². The first kappa shape index (κ1) is 20.6. The van der Waals surface area contributed by atoms with Gasteiger partial charge in [0.1, 0.15) is 0 Å². The maximum atomic E-state index is 10.3. The Kier molecular flexibility index (Phi) is 16.7. The summed E-state index contributed by atoms with van der Waals surface area (Å²) < 4.78 is 0. The number of likely N-dealkylation sites (N-methyl/N-ethyl adjacent to an activating group) is 1. The van der Waals surface area contributed by atoms with E-state index in [2.05, 4.69) is 10.6 Å². The molecular formula is C11H28BN3O4. The Hall–Kier alpha value is -0.665. The second kappa shape index (κ2) is 15.4. The summed E-state index contributed by atoms with van der Waals surface area (Å²) in [6, 6.07) is -0.0314. The van der Waals surface area contributed by atoms with Crippen LogP contribution in [0.4, 0.5) is 0 Å². The highest BCUT2D eigenvalue weighted by molar-refractivity contribution is 6.40. The van der Waals surface area contributed by atoms with Crippen LogP contribution in [0.2, 0.25) is 6.32 Å². The molecule has 0 aromatic heterocycles. The van der Waals surface area contributed by atoms with Crippen molar-refractivity contribution in [1.82, 2.24) is 10.6 Å². The SMILES string of the molecule is CCCCB(O)O.CNCC(CC(=O)O)NCCN. The minimum atomic E-state index is -1.10. The predicted octanol–water partition coefficient (Wildman–Crippen LogP) is -1.14. The molecule has 19 heavy (non-hydrogen) atoms. The molecule has 114 valence electrons. The van der Waals surface area contributed by atoms with Crippen molar-refractivity contribution in [1.29, 1.82) is 0 Å². The number of carbonyl (C=O) groups is 1. The van der Waals surface area contributed by atoms with Crippen molar-refractivity contribution >= 4 is 13.1 Å². The van der Waals surface area contributed by atoms with E-state index in [-0.39, 0.29) is 12.5 Å². The zero-order valence-corrected chi connectivity index (χ0v) is 11.9. The summed E-state index contributed by atoms with van der Waals surface area (Å²) in [5.74, 6) is -0.792. The van der Waals surface area contributed by atoms with Crippen molar-refractivity contribution in [2.45, 2.75) is 38.5 Å². The van der Waals surface area contributed by atoms with Gasteiger partial charge in [-0.3, -0.25) is 4.79 Å². The Morgan fingerprint density at radius 2 is 2.05 bits per heavy atom. The number of hydrogen-bond donors (Lipinski definition) is 6. The van der Waals surface area contributed by atoms with Gasteiger partial charge < -0.3 is 31.5 Å². The van der Waals surface area contributed by atoms with Gasteiger partial charge in [-0.15, -0.1) is 0 Å². The number of aliphatic carboxylic acids is 1. The van der Waals surface area contributed by atoms with Gasteiger partial charge >= 0.3 is 13.1 Å². The molecule has 0 bridgehead atoms. The highest BCUT2D eigenvalue weighted by atomic mass is 16.4. The molecule has 1 unspecified atom stereocenters. The number of unbranched alkanes of at least 4 members (excludes halogenated alkanes) is 1. The Morgan fingerprint density at radius 3 is 2.37 bits per heavy atom. The quantitative estimate of drug-likeness (QED) is 0.278. The minimum Gasteiger partial charge on any atom is -0.481 e. The third-order valence-corrected chi connectivity index (χ3v) is 2.26. The number of carboxylic acid groups (broad SMARTS) is 1. The van der Waals surface area contributed by atoms with Crippen molar-refractivity contribution in [2.75, 3.05) is 26.7 Å². The zero-order valence-electron chi connectivity index (χ0n) is 11.9. The summed E-state index contributed by atoms with van der Waals surface area (Å²) in [7, 11) is 0.693. The standard InChI is InChI=1S/C7H17N3O2.C4H11BO2/c1-9-5-6(4-7(11)12)10-3-2-8;1-2-3-4-5(6)7/h6,9-10H,2-5,8H2,1H3,(H,11,12);6-7H,2-4H2,1H3. The first-order valence-electron chi connectivity index (χ1n) is 6.63. The molecule has 8 heteroatoms. The lowest BCUT2D eigenvalue weighted by molar-refractivity contribution is -0.137. The Labute approximate surface area is 115 Å². The van der Waals surface area contributed by atoms with Crippen LogP contribution in [-0.4, -0.2) is 61.0 Å². The van der Waals surface area contributed by atoms with E-state index in [0.29, 0.717) is 26.0 Å². The Balaban J connectivity index is 0. The average Bonchev–Trinajstić information content (AvgIpc) is 2.34. The fourth-order valence-corrected chi connectivity index (χ4v) is 1.35. The van der Waals surface area contributed by atoms with Crippen molar-refractivity contribution in [3.63, 3.8) is 0 Å². The second-order valence-corrected chi connectivity index (χ2v) is 4.22. The van der Waals surface area contributed by atoms with Gasteiger partial charge in [0.2, 0.25) is 0 Å². The molecule has 0 aliphatic heterocycles. The van der Waals surface area contributed by atoms with Gasteiger partial charge in [0.05, 0.1) is 6.42 Å². The first-order valence-corrected chi connectivity index (χ1v) is 6.63. The van der Waals surface area contributed by atoms with E-state index >= 15 is 0 Å². The van der Waals surface area contributed by atoms with Gasteiger partial charge in [-0.05, 0) is 13.4 Å². The van der Waals surface area contributed by atoms with Gasteiger partial charge in [-0.25, -0.2) is 0 Å². The van der Waals surface area contributed by atoms with Crippen molar-refractivity contribution in [3.8, 4) is 0 Å². The lowest BCUT2D eigenvalue weighted by Gasteiger charge is -2.15. The molecule has 7 N–H and O–H groups in total. The molecule has 0 aromatic rings. The highest BCUT2D eigenvalue weighted by Gasteiger charge is 2.10. The molecule has 0 amide bonds. The maximum absolute atomic E-state index is 10.3. The molecule has 1 atom stereocenters. The van der Waals surface area contributed by atoms with Gasteiger partial charge in [0.25, 0.3) is 0 Å². The molecule has 0 saturated heterocycles. The Bertz CT molecular complexity index is 208. The van der Waals surface area contributed by atoms with Gasteiger partial charge in [0.15, 0.2) is 0 Å².